The van der Waals surface area contributed by atoms with Crippen LogP contribution in [0.4, 0.5) is 18.9 Å². The average Bonchev–Trinajstić information content (AvgIpc) is 2.59. The monoisotopic (exact) mass is 246 g/mol. The predicted octanol–water partition coefficient (Wildman–Crippen LogP) is 1.39. The van der Waals surface area contributed by atoms with Crippen molar-refractivity contribution in [3.63, 3.8) is 0 Å². The fourth-order valence-corrected chi connectivity index (χ4v) is 1.31. The van der Waals surface area contributed by atoms with E-state index >= 15 is 0 Å². The van der Waals surface area contributed by atoms with Crippen LogP contribution >= 0.6 is 0 Å². The van der Waals surface area contributed by atoms with Gasteiger partial charge in [0.1, 0.15) is 13.2 Å². The lowest BCUT2D eigenvalue weighted by Crippen LogP contribution is -2.17. The molecule has 2 heterocycles. The highest BCUT2D eigenvalue weighted by Crippen LogP contribution is 2.15. The van der Waals surface area contributed by atoms with Gasteiger partial charge in [0.15, 0.2) is 11.5 Å². The summed E-state index contributed by atoms with van der Waals surface area (Å²) in [5, 5.41) is 7.49. The van der Waals surface area contributed by atoms with Gasteiger partial charge in [-0.1, -0.05) is 0 Å². The Hall–Kier alpha value is -1.83. The Balaban J connectivity index is 2.11. The number of nitrogens with two attached hydrogens (primary N) is 1. The molecule has 0 bridgehead atoms. The van der Waals surface area contributed by atoms with Crippen LogP contribution in [0.3, 0.4) is 0 Å². The van der Waals surface area contributed by atoms with E-state index in [1.54, 1.807) is 12.1 Å². The second-order valence-electron chi connectivity index (χ2n) is 3.41. The molecule has 0 spiro atoms. The molecule has 8 heteroatoms. The highest BCUT2D eigenvalue weighted by molar-refractivity contribution is 5.46. The summed E-state index contributed by atoms with van der Waals surface area (Å²) in [7, 11) is 0. The first kappa shape index (κ1) is 11.6. The minimum atomic E-state index is -4.35. The fraction of sp³-hybridized carbons (Fsp3) is 0.333. The number of anilines is 1. The number of nitrogens with zero attached hydrogens (tertiary/aromatic N) is 3. The summed E-state index contributed by atoms with van der Waals surface area (Å²) >= 11 is 0. The Labute approximate surface area is 94.0 Å². The number of rotatable bonds is 3. The number of ether oxygens (including phenoxy) is 1. The number of alkyl halides is 3. The van der Waals surface area contributed by atoms with Crippen molar-refractivity contribution in [3.8, 4) is 0 Å². The SMILES string of the molecule is Nc1ccc2nnc(COCC(F)(F)F)n2c1. The molecule has 0 saturated carbocycles. The van der Waals surface area contributed by atoms with Crippen LogP contribution in [0.2, 0.25) is 0 Å². The van der Waals surface area contributed by atoms with Crippen molar-refractivity contribution in [1.29, 1.82) is 0 Å². The smallest absolute Gasteiger partial charge is 0.398 e. The van der Waals surface area contributed by atoms with Crippen molar-refractivity contribution in [2.45, 2.75) is 12.8 Å². The molecule has 2 rings (SSSR count). The van der Waals surface area contributed by atoms with Crippen LogP contribution in [0, 0.1) is 0 Å². The van der Waals surface area contributed by atoms with E-state index in [-0.39, 0.29) is 12.4 Å². The molecule has 0 aliphatic heterocycles. The van der Waals surface area contributed by atoms with E-state index in [1.807, 2.05) is 0 Å². The maximum absolute atomic E-state index is 11.9. The second kappa shape index (κ2) is 4.21. The summed E-state index contributed by atoms with van der Waals surface area (Å²) < 4.78 is 41.6. The first-order chi connectivity index (χ1) is 7.96. The molecular weight excluding hydrogens is 237 g/mol. The summed E-state index contributed by atoms with van der Waals surface area (Å²) in [4.78, 5) is 0. The van der Waals surface area contributed by atoms with Crippen LogP contribution in [0.1, 0.15) is 5.82 Å². The summed E-state index contributed by atoms with van der Waals surface area (Å²) in [6.45, 7) is -1.59. The molecule has 0 aliphatic rings. The van der Waals surface area contributed by atoms with Gasteiger partial charge in [-0.25, -0.2) is 0 Å². The van der Waals surface area contributed by atoms with Gasteiger partial charge in [0.25, 0.3) is 0 Å². The molecule has 0 aromatic carbocycles. The number of fused-ring (bicyclic) bond motifs is 1. The Morgan fingerprint density at radius 2 is 2.06 bits per heavy atom. The zero-order valence-electron chi connectivity index (χ0n) is 8.61. The number of hydrogen-bond donors (Lipinski definition) is 1. The Kier molecular flexibility index (Phi) is 2.88. The molecule has 0 saturated heterocycles. The van der Waals surface area contributed by atoms with E-state index in [0.29, 0.717) is 11.3 Å². The van der Waals surface area contributed by atoms with Gasteiger partial charge in [0.2, 0.25) is 0 Å². The van der Waals surface area contributed by atoms with Crippen LogP contribution < -0.4 is 5.73 Å². The Morgan fingerprint density at radius 3 is 2.76 bits per heavy atom. The molecule has 5 nitrogen and oxygen atoms in total. The zero-order chi connectivity index (χ0) is 12.5. The lowest BCUT2D eigenvalue weighted by atomic mass is 10.4. The number of halogens is 3. The zero-order valence-corrected chi connectivity index (χ0v) is 8.61. The van der Waals surface area contributed by atoms with E-state index in [0.717, 1.165) is 0 Å². The molecule has 92 valence electrons. The Bertz CT molecular complexity index is 522. The third-order valence-electron chi connectivity index (χ3n) is 1.99. The molecule has 0 aliphatic carbocycles. The molecule has 0 atom stereocenters. The van der Waals surface area contributed by atoms with Crippen molar-refractivity contribution < 1.29 is 17.9 Å². The van der Waals surface area contributed by atoms with E-state index < -0.39 is 12.8 Å². The van der Waals surface area contributed by atoms with Crippen molar-refractivity contribution >= 4 is 11.3 Å². The molecule has 2 aromatic rings. The molecule has 2 N–H and O–H groups in total. The van der Waals surface area contributed by atoms with Gasteiger partial charge in [0, 0.05) is 11.9 Å². The highest BCUT2D eigenvalue weighted by Gasteiger charge is 2.27. The number of pyridine rings is 1. The van der Waals surface area contributed by atoms with Crippen molar-refractivity contribution in [3.05, 3.63) is 24.2 Å². The summed E-state index contributed by atoms with van der Waals surface area (Å²) in [5.41, 5.74) is 6.52. The molecule has 0 radical (unpaired) electrons. The van der Waals surface area contributed by atoms with Gasteiger partial charge in [-0.3, -0.25) is 4.40 Å². The van der Waals surface area contributed by atoms with Gasteiger partial charge in [0.05, 0.1) is 0 Å². The third kappa shape index (κ3) is 2.84. The number of aromatic nitrogens is 3. The normalized spacial score (nSPS) is 12.2. The Morgan fingerprint density at radius 1 is 1.29 bits per heavy atom. The quantitative estimate of drug-likeness (QED) is 0.888. The van der Waals surface area contributed by atoms with E-state index in [4.69, 9.17) is 5.73 Å². The van der Waals surface area contributed by atoms with Gasteiger partial charge in [-0.15, -0.1) is 10.2 Å². The highest BCUT2D eigenvalue weighted by atomic mass is 19.4. The van der Waals surface area contributed by atoms with Gasteiger partial charge < -0.3 is 10.5 Å². The largest absolute Gasteiger partial charge is 0.411 e. The van der Waals surface area contributed by atoms with Gasteiger partial charge in [-0.05, 0) is 12.1 Å². The average molecular weight is 246 g/mol. The molecule has 2 aromatic heterocycles. The molecule has 17 heavy (non-hydrogen) atoms. The third-order valence-corrected chi connectivity index (χ3v) is 1.99. The van der Waals surface area contributed by atoms with Gasteiger partial charge in [-0.2, -0.15) is 13.2 Å². The number of nitrogen functional groups attached to an aromatic ring is 1. The minimum absolute atomic E-state index is 0.274. The first-order valence-electron chi connectivity index (χ1n) is 4.69. The molecular formula is C9H9F3N4O. The summed E-state index contributed by atoms with van der Waals surface area (Å²) in [5.74, 6) is 0.275. The van der Waals surface area contributed by atoms with Crippen molar-refractivity contribution in [2.75, 3.05) is 12.3 Å². The standard InChI is InChI=1S/C9H9F3N4O/c10-9(11,12)5-17-4-8-15-14-7-2-1-6(13)3-16(7)8/h1-3H,4-5,13H2. The van der Waals surface area contributed by atoms with E-state index in [9.17, 15) is 13.2 Å². The van der Waals surface area contributed by atoms with Crippen molar-refractivity contribution in [2.24, 2.45) is 0 Å². The first-order valence-corrected chi connectivity index (χ1v) is 4.69. The summed E-state index contributed by atoms with van der Waals surface area (Å²) in [6.07, 6.45) is -2.82. The summed E-state index contributed by atoms with van der Waals surface area (Å²) in [6, 6.07) is 3.25. The maximum atomic E-state index is 11.9. The second-order valence-corrected chi connectivity index (χ2v) is 3.41. The van der Waals surface area contributed by atoms with Crippen LogP contribution in [-0.4, -0.2) is 27.4 Å². The molecule has 0 unspecified atom stereocenters. The fourth-order valence-electron chi connectivity index (χ4n) is 1.31. The van der Waals surface area contributed by atoms with Crippen LogP contribution in [-0.2, 0) is 11.3 Å². The molecule has 0 amide bonds. The van der Waals surface area contributed by atoms with E-state index in [1.165, 1.54) is 10.6 Å². The predicted molar refractivity (Wildman–Crippen MR) is 53.1 cm³/mol. The number of hydrogen-bond acceptors (Lipinski definition) is 4. The van der Waals surface area contributed by atoms with E-state index in [2.05, 4.69) is 14.9 Å². The van der Waals surface area contributed by atoms with Crippen molar-refractivity contribution in [1.82, 2.24) is 14.6 Å². The lowest BCUT2D eigenvalue weighted by molar-refractivity contribution is -0.177. The van der Waals surface area contributed by atoms with Gasteiger partial charge >= 0.3 is 6.18 Å². The minimum Gasteiger partial charge on any atom is -0.398 e. The van der Waals surface area contributed by atoms with Crippen LogP contribution in [0.15, 0.2) is 18.3 Å². The lowest BCUT2D eigenvalue weighted by Gasteiger charge is -2.06. The maximum Gasteiger partial charge on any atom is 0.411 e. The molecule has 0 fully saturated rings. The topological polar surface area (TPSA) is 65.4 Å². The van der Waals surface area contributed by atoms with Crippen LogP contribution in [0.5, 0.6) is 0 Å². The van der Waals surface area contributed by atoms with Crippen LogP contribution in [0.25, 0.3) is 5.65 Å².